The van der Waals surface area contributed by atoms with E-state index in [1.165, 1.54) is 32.2 Å². The number of hydrogen-bond donors (Lipinski definition) is 1. The van der Waals surface area contributed by atoms with Crippen LogP contribution in [0, 0.1) is 5.92 Å². The molecule has 2 unspecified atom stereocenters. The van der Waals surface area contributed by atoms with Gasteiger partial charge in [0.2, 0.25) is 0 Å². The quantitative estimate of drug-likeness (QED) is 0.655. The largest absolute Gasteiger partial charge is 0.374 e. The SMILES string of the molecule is C(=C\C1CCCCO1)/C1CCNC1. The first-order valence-corrected chi connectivity index (χ1v) is 5.46. The summed E-state index contributed by atoms with van der Waals surface area (Å²) in [5.74, 6) is 0.755. The van der Waals surface area contributed by atoms with Crippen molar-refractivity contribution in [2.75, 3.05) is 19.7 Å². The standard InChI is InChI=1S/C11H19NO/c1-2-8-13-11(3-1)5-4-10-6-7-12-9-10/h4-5,10-12H,1-3,6-9H2/b5-4+. The van der Waals surface area contributed by atoms with E-state index in [1.807, 2.05) is 0 Å². The second kappa shape index (κ2) is 4.77. The minimum Gasteiger partial charge on any atom is -0.374 e. The smallest absolute Gasteiger partial charge is 0.0755 e. The van der Waals surface area contributed by atoms with Gasteiger partial charge in [-0.1, -0.05) is 12.2 Å². The zero-order chi connectivity index (χ0) is 8.93. The van der Waals surface area contributed by atoms with Crippen LogP contribution in [0.25, 0.3) is 0 Å². The lowest BCUT2D eigenvalue weighted by atomic mass is 10.0. The van der Waals surface area contributed by atoms with Crippen molar-refractivity contribution in [3.63, 3.8) is 0 Å². The zero-order valence-electron chi connectivity index (χ0n) is 8.17. The summed E-state index contributed by atoms with van der Waals surface area (Å²) in [5.41, 5.74) is 0. The van der Waals surface area contributed by atoms with Crippen molar-refractivity contribution in [1.82, 2.24) is 5.32 Å². The Bertz CT molecular complexity index is 167. The Morgan fingerprint density at radius 1 is 1.15 bits per heavy atom. The molecule has 0 aromatic heterocycles. The molecule has 13 heavy (non-hydrogen) atoms. The Kier molecular flexibility index (Phi) is 3.39. The van der Waals surface area contributed by atoms with Gasteiger partial charge >= 0.3 is 0 Å². The third-order valence-corrected chi connectivity index (χ3v) is 2.91. The average Bonchev–Trinajstić information content (AvgIpc) is 2.69. The van der Waals surface area contributed by atoms with Gasteiger partial charge in [0.1, 0.15) is 0 Å². The molecule has 2 heterocycles. The van der Waals surface area contributed by atoms with Gasteiger partial charge in [-0.15, -0.1) is 0 Å². The molecule has 2 heteroatoms. The first-order chi connectivity index (χ1) is 6.45. The molecule has 1 N–H and O–H groups in total. The van der Waals surface area contributed by atoms with E-state index in [1.54, 1.807) is 0 Å². The molecule has 0 aromatic carbocycles. The maximum Gasteiger partial charge on any atom is 0.0755 e. The van der Waals surface area contributed by atoms with Crippen molar-refractivity contribution in [3.05, 3.63) is 12.2 Å². The van der Waals surface area contributed by atoms with Crippen molar-refractivity contribution in [1.29, 1.82) is 0 Å². The summed E-state index contributed by atoms with van der Waals surface area (Å²) in [6, 6.07) is 0. The van der Waals surface area contributed by atoms with Crippen molar-refractivity contribution < 1.29 is 4.74 Å². The summed E-state index contributed by atoms with van der Waals surface area (Å²) in [6.07, 6.45) is 10.1. The van der Waals surface area contributed by atoms with E-state index in [0.29, 0.717) is 6.10 Å². The van der Waals surface area contributed by atoms with E-state index in [0.717, 1.165) is 19.1 Å². The molecular weight excluding hydrogens is 162 g/mol. The number of nitrogens with one attached hydrogen (secondary N) is 1. The maximum absolute atomic E-state index is 5.63. The number of ether oxygens (including phenoxy) is 1. The van der Waals surface area contributed by atoms with Crippen LogP contribution in [0.15, 0.2) is 12.2 Å². The van der Waals surface area contributed by atoms with Crippen LogP contribution in [0.1, 0.15) is 25.7 Å². The molecule has 0 aliphatic carbocycles. The summed E-state index contributed by atoms with van der Waals surface area (Å²) in [7, 11) is 0. The molecule has 2 rings (SSSR count). The van der Waals surface area contributed by atoms with Gasteiger partial charge in [-0.05, 0) is 38.1 Å². The van der Waals surface area contributed by atoms with Crippen LogP contribution < -0.4 is 5.32 Å². The highest BCUT2D eigenvalue weighted by Crippen LogP contribution is 2.16. The maximum atomic E-state index is 5.63. The van der Waals surface area contributed by atoms with Crippen LogP contribution in [0.2, 0.25) is 0 Å². The zero-order valence-corrected chi connectivity index (χ0v) is 8.17. The van der Waals surface area contributed by atoms with Gasteiger partial charge in [0.05, 0.1) is 6.10 Å². The molecule has 2 aliphatic rings. The Balaban J connectivity index is 1.74. The average molecular weight is 181 g/mol. The van der Waals surface area contributed by atoms with Gasteiger partial charge < -0.3 is 10.1 Å². The molecule has 0 spiro atoms. The molecule has 0 saturated carbocycles. The molecule has 2 nitrogen and oxygen atoms in total. The van der Waals surface area contributed by atoms with Crippen molar-refractivity contribution in [2.45, 2.75) is 31.8 Å². The molecule has 0 radical (unpaired) electrons. The Labute approximate surface area is 80.4 Å². The number of hydrogen-bond acceptors (Lipinski definition) is 2. The lowest BCUT2D eigenvalue weighted by Crippen LogP contribution is -2.16. The summed E-state index contributed by atoms with van der Waals surface area (Å²) < 4.78 is 5.63. The highest BCUT2D eigenvalue weighted by molar-refractivity contribution is 4.97. The summed E-state index contributed by atoms with van der Waals surface area (Å²) >= 11 is 0. The third kappa shape index (κ3) is 2.82. The van der Waals surface area contributed by atoms with Gasteiger partial charge in [0, 0.05) is 13.2 Å². The lowest BCUT2D eigenvalue weighted by Gasteiger charge is -2.19. The molecule has 0 bridgehead atoms. The molecular formula is C11H19NO. The van der Waals surface area contributed by atoms with Gasteiger partial charge in [0.25, 0.3) is 0 Å². The normalized spacial score (nSPS) is 35.7. The molecule has 2 saturated heterocycles. The topological polar surface area (TPSA) is 21.3 Å². The first kappa shape index (κ1) is 9.22. The summed E-state index contributed by atoms with van der Waals surface area (Å²) in [5, 5.41) is 3.37. The van der Waals surface area contributed by atoms with Crippen LogP contribution >= 0.6 is 0 Å². The van der Waals surface area contributed by atoms with E-state index in [2.05, 4.69) is 17.5 Å². The molecule has 2 fully saturated rings. The molecule has 0 aromatic rings. The van der Waals surface area contributed by atoms with Crippen molar-refractivity contribution in [3.8, 4) is 0 Å². The van der Waals surface area contributed by atoms with Crippen LogP contribution in [-0.4, -0.2) is 25.8 Å². The first-order valence-electron chi connectivity index (χ1n) is 5.46. The molecule has 0 amide bonds. The second-order valence-corrected chi connectivity index (χ2v) is 4.04. The van der Waals surface area contributed by atoms with E-state index in [9.17, 15) is 0 Å². The fourth-order valence-corrected chi connectivity index (χ4v) is 2.04. The van der Waals surface area contributed by atoms with Crippen LogP contribution in [0.4, 0.5) is 0 Å². The summed E-state index contributed by atoms with van der Waals surface area (Å²) in [6.45, 7) is 3.29. The van der Waals surface area contributed by atoms with Gasteiger partial charge in [-0.2, -0.15) is 0 Å². The van der Waals surface area contributed by atoms with Crippen molar-refractivity contribution in [2.24, 2.45) is 5.92 Å². The monoisotopic (exact) mass is 181 g/mol. The fraction of sp³-hybridized carbons (Fsp3) is 0.818. The Morgan fingerprint density at radius 2 is 2.15 bits per heavy atom. The predicted octanol–water partition coefficient (Wildman–Crippen LogP) is 1.72. The van der Waals surface area contributed by atoms with Crippen LogP contribution in [0.5, 0.6) is 0 Å². The fourth-order valence-electron chi connectivity index (χ4n) is 2.04. The van der Waals surface area contributed by atoms with Crippen molar-refractivity contribution >= 4 is 0 Å². The van der Waals surface area contributed by atoms with E-state index in [4.69, 9.17) is 4.74 Å². The minimum absolute atomic E-state index is 0.411. The molecule has 74 valence electrons. The van der Waals surface area contributed by atoms with E-state index in [-0.39, 0.29) is 0 Å². The molecule has 2 atom stereocenters. The summed E-state index contributed by atoms with van der Waals surface area (Å²) in [4.78, 5) is 0. The second-order valence-electron chi connectivity index (χ2n) is 4.04. The molecule has 2 aliphatic heterocycles. The Morgan fingerprint density at radius 3 is 2.85 bits per heavy atom. The minimum atomic E-state index is 0.411. The number of rotatable bonds is 2. The van der Waals surface area contributed by atoms with Gasteiger partial charge in [0.15, 0.2) is 0 Å². The highest BCUT2D eigenvalue weighted by atomic mass is 16.5. The van der Waals surface area contributed by atoms with E-state index < -0.39 is 0 Å². The van der Waals surface area contributed by atoms with Crippen LogP contribution in [-0.2, 0) is 4.74 Å². The highest BCUT2D eigenvalue weighted by Gasteiger charge is 2.13. The van der Waals surface area contributed by atoms with Crippen LogP contribution in [0.3, 0.4) is 0 Å². The Hall–Kier alpha value is -0.340. The third-order valence-electron chi connectivity index (χ3n) is 2.91. The lowest BCUT2D eigenvalue weighted by molar-refractivity contribution is 0.0463. The van der Waals surface area contributed by atoms with E-state index >= 15 is 0 Å². The van der Waals surface area contributed by atoms with Gasteiger partial charge in [-0.25, -0.2) is 0 Å². The predicted molar refractivity (Wildman–Crippen MR) is 53.7 cm³/mol. The van der Waals surface area contributed by atoms with Gasteiger partial charge in [-0.3, -0.25) is 0 Å².